The molecule has 5 atom stereocenters. The smallest absolute Gasteiger partial charge is 0.250 e. The minimum Gasteiger partial charge on any atom is -0.388 e. The summed E-state index contributed by atoms with van der Waals surface area (Å²) in [5.41, 5.74) is 2.05. The summed E-state index contributed by atoms with van der Waals surface area (Å²) >= 11 is 0. The number of sulfonamides is 1. The van der Waals surface area contributed by atoms with Crippen LogP contribution in [0.3, 0.4) is 0 Å². The third-order valence-electron chi connectivity index (χ3n) is 6.70. The lowest BCUT2D eigenvalue weighted by molar-refractivity contribution is -0.292. The Morgan fingerprint density at radius 1 is 1.17 bits per heavy atom. The molecule has 0 saturated carbocycles. The average Bonchev–Trinajstić information content (AvgIpc) is 3.42. The van der Waals surface area contributed by atoms with Crippen LogP contribution in [0, 0.1) is 11.3 Å². The second-order valence-corrected chi connectivity index (χ2v) is 11.7. The minimum atomic E-state index is -4.07. The second kappa shape index (κ2) is 13.7. The van der Waals surface area contributed by atoms with Gasteiger partial charge in [-0.05, 0) is 40.6 Å². The number of rotatable bonds is 12. The molecule has 226 valence electrons. The second-order valence-electron chi connectivity index (χ2n) is 9.94. The Kier molecular flexibility index (Phi) is 10.2. The first-order valence-electron chi connectivity index (χ1n) is 13.0. The third kappa shape index (κ3) is 7.48. The van der Waals surface area contributed by atoms with Crippen LogP contribution in [-0.4, -0.2) is 104 Å². The fourth-order valence-electron chi connectivity index (χ4n) is 4.38. The molecule has 2 heterocycles. The molecule has 2 aromatic carbocycles. The van der Waals surface area contributed by atoms with Crippen LogP contribution in [-0.2, 0) is 37.4 Å². The van der Waals surface area contributed by atoms with E-state index < -0.39 is 45.6 Å². The van der Waals surface area contributed by atoms with Gasteiger partial charge in [-0.15, -0.1) is 5.10 Å². The van der Waals surface area contributed by atoms with Gasteiger partial charge in [0.15, 0.2) is 11.2 Å². The largest absolute Gasteiger partial charge is 0.388 e. The van der Waals surface area contributed by atoms with Crippen molar-refractivity contribution in [3.63, 3.8) is 0 Å². The molecular weight excluding hydrogens is 568 g/mol. The molecule has 1 fully saturated rings. The number of anilines is 1. The van der Waals surface area contributed by atoms with Crippen LogP contribution < -0.4 is 9.62 Å². The van der Waals surface area contributed by atoms with E-state index >= 15 is 0 Å². The van der Waals surface area contributed by atoms with Gasteiger partial charge in [-0.1, -0.05) is 23.4 Å². The van der Waals surface area contributed by atoms with Gasteiger partial charge >= 0.3 is 0 Å². The van der Waals surface area contributed by atoms with Gasteiger partial charge in [0.25, 0.3) is 10.0 Å². The summed E-state index contributed by atoms with van der Waals surface area (Å²) < 4.78 is 45.2. The van der Waals surface area contributed by atoms with Crippen LogP contribution >= 0.6 is 0 Å². The van der Waals surface area contributed by atoms with E-state index in [1.54, 1.807) is 18.3 Å². The van der Waals surface area contributed by atoms with Crippen molar-refractivity contribution in [1.29, 1.82) is 5.26 Å². The first-order chi connectivity index (χ1) is 20.0. The predicted octanol–water partition coefficient (Wildman–Crippen LogP) is -0.0480. The molecule has 3 aromatic rings. The minimum absolute atomic E-state index is 0.000961. The topological polar surface area (TPSA) is 192 Å². The van der Waals surface area contributed by atoms with Crippen molar-refractivity contribution >= 4 is 32.6 Å². The molecule has 1 aliphatic rings. The summed E-state index contributed by atoms with van der Waals surface area (Å²) in [4.78, 5) is 1.57. The molecule has 4 N–H and O–H groups in total. The van der Waals surface area contributed by atoms with Crippen LogP contribution in [0.5, 0.6) is 0 Å². The quantitative estimate of drug-likeness (QED) is 0.160. The lowest BCUT2D eigenvalue weighted by atomic mass is 9.99. The Morgan fingerprint density at radius 2 is 1.90 bits per heavy atom. The Morgan fingerprint density at radius 3 is 2.62 bits per heavy atom. The summed E-state index contributed by atoms with van der Waals surface area (Å²) in [6.07, 6.45) is -3.37. The fourth-order valence-corrected chi connectivity index (χ4v) is 5.30. The summed E-state index contributed by atoms with van der Waals surface area (Å²) in [7, 11) is 1.13. The highest BCUT2D eigenvalue weighted by Crippen LogP contribution is 2.24. The molecule has 0 spiro atoms. The van der Waals surface area contributed by atoms with Crippen molar-refractivity contribution in [2.24, 2.45) is 0 Å². The van der Waals surface area contributed by atoms with Crippen molar-refractivity contribution in [2.75, 3.05) is 39.3 Å². The highest BCUT2D eigenvalue weighted by atomic mass is 32.2. The van der Waals surface area contributed by atoms with Gasteiger partial charge in [0.2, 0.25) is 0 Å². The zero-order valence-corrected chi connectivity index (χ0v) is 24.2. The van der Waals surface area contributed by atoms with Crippen molar-refractivity contribution in [1.82, 2.24) is 19.7 Å². The number of nitrogens with zero attached hydrogens (tertiary/aromatic N) is 5. The van der Waals surface area contributed by atoms with Crippen LogP contribution in [0.15, 0.2) is 47.5 Å². The van der Waals surface area contributed by atoms with Crippen LogP contribution in [0.2, 0.25) is 0 Å². The monoisotopic (exact) mass is 602 g/mol. The number of aromatic nitrogens is 3. The number of hydrogen-bond donors (Lipinski definition) is 4. The first-order valence-corrected chi connectivity index (χ1v) is 14.5. The molecule has 0 unspecified atom stereocenters. The lowest BCUT2D eigenvalue weighted by Gasteiger charge is -2.39. The van der Waals surface area contributed by atoms with Crippen LogP contribution in [0.25, 0.3) is 16.8 Å². The van der Waals surface area contributed by atoms with E-state index in [2.05, 4.69) is 15.0 Å². The van der Waals surface area contributed by atoms with Crippen molar-refractivity contribution in [2.45, 2.75) is 43.9 Å². The zero-order valence-electron chi connectivity index (χ0n) is 23.4. The highest BCUT2D eigenvalue weighted by molar-refractivity contribution is 7.93. The number of aliphatic hydroxyl groups excluding tert-OH is 3. The van der Waals surface area contributed by atoms with Gasteiger partial charge in [0.1, 0.15) is 36.2 Å². The highest BCUT2D eigenvalue weighted by Gasteiger charge is 2.44. The third-order valence-corrected chi connectivity index (χ3v) is 8.08. The molecule has 0 radical (unpaired) electrons. The van der Waals surface area contributed by atoms with Gasteiger partial charge in [-0.25, -0.2) is 17.8 Å². The molecule has 4 rings (SSSR count). The van der Waals surface area contributed by atoms with Crippen molar-refractivity contribution < 1.29 is 37.9 Å². The Labute approximate surface area is 243 Å². The lowest BCUT2D eigenvalue weighted by Crippen LogP contribution is -2.58. The maximum atomic E-state index is 12.7. The summed E-state index contributed by atoms with van der Waals surface area (Å²) in [6, 6.07) is 13.1. The number of benzene rings is 2. The summed E-state index contributed by atoms with van der Waals surface area (Å²) in [5, 5.41) is 49.4. The van der Waals surface area contributed by atoms with Crippen molar-refractivity contribution in [3.05, 3.63) is 58.8 Å². The predicted molar refractivity (Wildman–Crippen MR) is 152 cm³/mol. The molecular formula is C27H34N6O8S. The summed E-state index contributed by atoms with van der Waals surface area (Å²) in [5.74, 6) is 0. The molecule has 42 heavy (non-hydrogen) atoms. The number of aliphatic hydroxyl groups is 3. The SMILES string of the molecule is CO[C@H]1O[C@H](Cn2cc(COCCNS(=O)(=O)/C(C#N)=C/c3ccc4cc(N(C)C)ccc4c3)nn2)[C@@H](O)[C@H](O)[C@H]1O. The Balaban J connectivity index is 1.27. The number of nitriles is 1. The van der Waals surface area contributed by atoms with E-state index in [-0.39, 0.29) is 26.3 Å². The summed E-state index contributed by atoms with van der Waals surface area (Å²) in [6.45, 7) is -0.0408. The number of fused-ring (bicyclic) bond motifs is 1. The van der Waals surface area contributed by atoms with Crippen LogP contribution in [0.4, 0.5) is 5.69 Å². The average molecular weight is 603 g/mol. The van der Waals surface area contributed by atoms with E-state index in [1.807, 2.05) is 49.3 Å². The molecule has 1 aliphatic heterocycles. The number of nitrogens with one attached hydrogen (secondary N) is 1. The van der Waals surface area contributed by atoms with E-state index in [9.17, 15) is 29.0 Å². The first kappa shape index (κ1) is 31.5. The molecule has 0 amide bonds. The van der Waals surface area contributed by atoms with Gasteiger partial charge in [-0.3, -0.25) is 0 Å². The normalized spacial score (nSPS) is 23.2. The van der Waals surface area contributed by atoms with E-state index in [4.69, 9.17) is 14.2 Å². The molecule has 15 heteroatoms. The standard InChI is InChI=1S/C27H34N6O8S/c1-32(2)21-7-6-18-10-17(4-5-19(18)12-21)11-22(13-28)42(37,38)29-8-9-40-16-20-14-33(31-30-20)15-23-24(34)25(35)26(36)27(39-3)41-23/h4-7,10-12,14,23-27,29,34-36H,8-9,15-16H2,1-3H3/b22-11+/t23-,24-,25+,26-,27+/m1/s1. The number of hydrogen-bond acceptors (Lipinski definition) is 12. The van der Waals surface area contributed by atoms with E-state index in [0.29, 0.717) is 11.3 Å². The number of ether oxygens (including phenoxy) is 3. The van der Waals surface area contributed by atoms with Gasteiger partial charge < -0.3 is 34.4 Å². The van der Waals surface area contributed by atoms with E-state index in [1.165, 1.54) is 17.9 Å². The Bertz CT molecular complexity index is 1550. The maximum absolute atomic E-state index is 12.7. The fraction of sp³-hybridized carbons (Fsp3) is 0.444. The Hall–Kier alpha value is -3.46. The van der Waals surface area contributed by atoms with Crippen LogP contribution in [0.1, 0.15) is 11.3 Å². The van der Waals surface area contributed by atoms with Gasteiger partial charge in [-0.2, -0.15) is 5.26 Å². The molecule has 0 aliphatic carbocycles. The molecule has 1 aromatic heterocycles. The molecule has 1 saturated heterocycles. The number of allylic oxidation sites excluding steroid dienone is 1. The molecule has 14 nitrogen and oxygen atoms in total. The molecule has 0 bridgehead atoms. The van der Waals surface area contributed by atoms with Gasteiger partial charge in [0, 0.05) is 33.4 Å². The van der Waals surface area contributed by atoms with E-state index in [0.717, 1.165) is 16.5 Å². The number of methoxy groups -OCH3 is 1. The zero-order chi connectivity index (χ0) is 30.4. The maximum Gasteiger partial charge on any atom is 0.250 e. The van der Waals surface area contributed by atoms with Gasteiger partial charge in [0.05, 0.1) is 26.0 Å². The van der Waals surface area contributed by atoms with Crippen molar-refractivity contribution in [3.8, 4) is 6.07 Å².